The average molecular weight is 181 g/mol. The van der Waals surface area contributed by atoms with Gasteiger partial charge in [0.1, 0.15) is 5.69 Å². The number of hydrogen-bond acceptors (Lipinski definition) is 3. The van der Waals surface area contributed by atoms with Gasteiger partial charge in [-0.15, -0.1) is 0 Å². The molecule has 0 fully saturated rings. The first-order valence-electron chi connectivity index (χ1n) is 3.35. The van der Waals surface area contributed by atoms with E-state index >= 15 is 0 Å². The highest BCUT2D eigenvalue weighted by Gasteiger charge is 2.07. The molecular formula is C7H7N3O3. The van der Waals surface area contributed by atoms with Crippen molar-refractivity contribution in [2.24, 2.45) is 0 Å². The Hall–Kier alpha value is -2.11. The SMILES string of the molecule is C=CC(=O)Nc1cc(C(=O)O)[nH]n1. The van der Waals surface area contributed by atoms with Crippen molar-refractivity contribution in [2.45, 2.75) is 0 Å². The van der Waals surface area contributed by atoms with Crippen LogP contribution in [0.3, 0.4) is 0 Å². The summed E-state index contributed by atoms with van der Waals surface area (Å²) < 4.78 is 0. The number of rotatable bonds is 3. The number of aromatic nitrogens is 2. The third-order valence-corrected chi connectivity index (χ3v) is 1.24. The minimum atomic E-state index is -1.13. The first-order valence-corrected chi connectivity index (χ1v) is 3.35. The maximum absolute atomic E-state index is 10.7. The largest absolute Gasteiger partial charge is 0.477 e. The highest BCUT2D eigenvalue weighted by atomic mass is 16.4. The average Bonchev–Trinajstić information content (AvgIpc) is 2.52. The van der Waals surface area contributed by atoms with E-state index in [1.165, 1.54) is 6.07 Å². The van der Waals surface area contributed by atoms with Gasteiger partial charge < -0.3 is 10.4 Å². The molecule has 1 heterocycles. The molecule has 0 radical (unpaired) electrons. The molecule has 0 bridgehead atoms. The second-order valence-corrected chi connectivity index (χ2v) is 2.17. The van der Waals surface area contributed by atoms with Crippen molar-refractivity contribution in [3.05, 3.63) is 24.4 Å². The number of carboxylic acid groups (broad SMARTS) is 1. The number of H-pyrrole nitrogens is 1. The minimum Gasteiger partial charge on any atom is -0.477 e. The Balaban J connectivity index is 2.74. The molecule has 1 rings (SSSR count). The summed E-state index contributed by atoms with van der Waals surface area (Å²) in [7, 11) is 0. The number of nitrogens with zero attached hydrogens (tertiary/aromatic N) is 1. The van der Waals surface area contributed by atoms with Crippen molar-refractivity contribution in [3.63, 3.8) is 0 Å². The second-order valence-electron chi connectivity index (χ2n) is 2.17. The zero-order valence-electron chi connectivity index (χ0n) is 6.57. The molecule has 0 atom stereocenters. The van der Waals surface area contributed by atoms with Crippen LogP contribution in [0.5, 0.6) is 0 Å². The fourth-order valence-electron chi connectivity index (χ4n) is 0.673. The van der Waals surface area contributed by atoms with Crippen LogP contribution in [0.1, 0.15) is 10.5 Å². The van der Waals surface area contributed by atoms with E-state index in [1.807, 2.05) is 0 Å². The minimum absolute atomic E-state index is 0.0839. The van der Waals surface area contributed by atoms with E-state index in [-0.39, 0.29) is 11.5 Å². The van der Waals surface area contributed by atoms with Crippen LogP contribution in [0.2, 0.25) is 0 Å². The lowest BCUT2D eigenvalue weighted by Gasteiger charge is -1.92. The van der Waals surface area contributed by atoms with Gasteiger partial charge in [-0.25, -0.2) is 4.79 Å². The maximum atomic E-state index is 10.7. The van der Waals surface area contributed by atoms with Gasteiger partial charge in [0.2, 0.25) is 5.91 Å². The van der Waals surface area contributed by atoms with Crippen LogP contribution in [-0.4, -0.2) is 27.2 Å². The van der Waals surface area contributed by atoms with Crippen LogP contribution in [-0.2, 0) is 4.79 Å². The van der Waals surface area contributed by atoms with E-state index in [0.717, 1.165) is 6.08 Å². The molecule has 6 nitrogen and oxygen atoms in total. The predicted molar refractivity (Wildman–Crippen MR) is 44.4 cm³/mol. The Kier molecular flexibility index (Phi) is 2.44. The number of nitrogens with one attached hydrogen (secondary N) is 2. The summed E-state index contributed by atoms with van der Waals surface area (Å²) in [6, 6.07) is 1.21. The molecule has 0 aliphatic rings. The van der Waals surface area contributed by atoms with Gasteiger partial charge in [0.05, 0.1) is 0 Å². The number of carbonyl (C=O) groups is 2. The summed E-state index contributed by atoms with van der Waals surface area (Å²) in [5.41, 5.74) is -0.0839. The smallest absolute Gasteiger partial charge is 0.353 e. The highest BCUT2D eigenvalue weighted by molar-refractivity contribution is 5.98. The Morgan fingerprint density at radius 3 is 2.85 bits per heavy atom. The topological polar surface area (TPSA) is 95.1 Å². The Morgan fingerprint density at radius 2 is 2.38 bits per heavy atom. The molecule has 1 aromatic heterocycles. The van der Waals surface area contributed by atoms with E-state index in [4.69, 9.17) is 5.11 Å². The molecule has 3 N–H and O–H groups in total. The van der Waals surface area contributed by atoms with Crippen LogP contribution >= 0.6 is 0 Å². The number of hydrogen-bond donors (Lipinski definition) is 3. The van der Waals surface area contributed by atoms with Crippen molar-refractivity contribution >= 4 is 17.7 Å². The molecule has 1 amide bonds. The van der Waals surface area contributed by atoms with Gasteiger partial charge in [0, 0.05) is 6.07 Å². The van der Waals surface area contributed by atoms with E-state index in [2.05, 4.69) is 22.1 Å². The number of carboxylic acids is 1. The maximum Gasteiger partial charge on any atom is 0.353 e. The van der Waals surface area contributed by atoms with Crippen molar-refractivity contribution in [2.75, 3.05) is 5.32 Å². The summed E-state index contributed by atoms with van der Waals surface area (Å²) in [5, 5.41) is 16.6. The van der Waals surface area contributed by atoms with Crippen molar-refractivity contribution in [3.8, 4) is 0 Å². The van der Waals surface area contributed by atoms with E-state index in [1.54, 1.807) is 0 Å². The lowest BCUT2D eigenvalue weighted by atomic mass is 10.4. The summed E-state index contributed by atoms with van der Waals surface area (Å²) >= 11 is 0. The van der Waals surface area contributed by atoms with Gasteiger partial charge in [-0.3, -0.25) is 9.89 Å². The molecule has 6 heteroatoms. The third-order valence-electron chi connectivity index (χ3n) is 1.24. The second kappa shape index (κ2) is 3.53. The normalized spacial score (nSPS) is 9.23. The molecule has 0 unspecified atom stereocenters. The van der Waals surface area contributed by atoms with Crippen LogP contribution in [0, 0.1) is 0 Å². The van der Waals surface area contributed by atoms with Crippen LogP contribution in [0.4, 0.5) is 5.82 Å². The standard InChI is InChI=1S/C7H7N3O3/c1-2-6(11)8-5-3-4(7(12)13)9-10-5/h2-3H,1H2,(H,12,13)(H2,8,9,10,11). The molecule has 68 valence electrons. The molecule has 0 saturated heterocycles. The Bertz CT molecular complexity index is 356. The molecule has 0 aliphatic heterocycles. The van der Waals surface area contributed by atoms with Gasteiger partial charge in [-0.2, -0.15) is 5.10 Å². The first-order chi connectivity index (χ1) is 6.13. The van der Waals surface area contributed by atoms with Crippen LogP contribution < -0.4 is 5.32 Å². The van der Waals surface area contributed by atoms with Gasteiger partial charge in [-0.1, -0.05) is 6.58 Å². The molecule has 0 aromatic carbocycles. The lowest BCUT2D eigenvalue weighted by Crippen LogP contribution is -2.07. The molecule has 1 aromatic rings. The van der Waals surface area contributed by atoms with Gasteiger partial charge in [0.25, 0.3) is 0 Å². The number of aromatic amines is 1. The summed E-state index contributed by atoms with van der Waals surface area (Å²) in [5.74, 6) is -1.42. The molecule has 13 heavy (non-hydrogen) atoms. The van der Waals surface area contributed by atoms with Crippen molar-refractivity contribution < 1.29 is 14.7 Å². The predicted octanol–water partition coefficient (Wildman–Crippen LogP) is 0.232. The van der Waals surface area contributed by atoms with E-state index in [9.17, 15) is 9.59 Å². The van der Waals surface area contributed by atoms with Crippen molar-refractivity contribution in [1.82, 2.24) is 10.2 Å². The fourth-order valence-corrected chi connectivity index (χ4v) is 0.673. The molecule has 0 spiro atoms. The fraction of sp³-hybridized carbons (Fsp3) is 0. The summed E-state index contributed by atoms with van der Waals surface area (Å²) in [6.07, 6.45) is 1.06. The lowest BCUT2D eigenvalue weighted by molar-refractivity contribution is -0.111. The van der Waals surface area contributed by atoms with E-state index in [0.29, 0.717) is 0 Å². The monoisotopic (exact) mass is 181 g/mol. The molecule has 0 aliphatic carbocycles. The number of amides is 1. The van der Waals surface area contributed by atoms with Crippen LogP contribution in [0.15, 0.2) is 18.7 Å². The van der Waals surface area contributed by atoms with Crippen LogP contribution in [0.25, 0.3) is 0 Å². The van der Waals surface area contributed by atoms with Gasteiger partial charge >= 0.3 is 5.97 Å². The Labute approximate surface area is 73.3 Å². The zero-order valence-corrected chi connectivity index (χ0v) is 6.57. The quantitative estimate of drug-likeness (QED) is 0.582. The first kappa shape index (κ1) is 8.98. The van der Waals surface area contributed by atoms with Gasteiger partial charge in [0.15, 0.2) is 5.82 Å². The van der Waals surface area contributed by atoms with E-state index < -0.39 is 11.9 Å². The highest BCUT2D eigenvalue weighted by Crippen LogP contribution is 2.04. The number of anilines is 1. The van der Waals surface area contributed by atoms with Crippen molar-refractivity contribution in [1.29, 1.82) is 0 Å². The van der Waals surface area contributed by atoms with Gasteiger partial charge in [-0.05, 0) is 6.08 Å². The Morgan fingerprint density at radius 1 is 1.69 bits per heavy atom. The summed E-state index contributed by atoms with van der Waals surface area (Å²) in [4.78, 5) is 21.1. The number of aromatic carboxylic acids is 1. The zero-order chi connectivity index (χ0) is 9.84. The third kappa shape index (κ3) is 2.16. The number of carbonyl (C=O) groups excluding carboxylic acids is 1. The molecular weight excluding hydrogens is 174 g/mol. The summed E-state index contributed by atoms with van der Waals surface area (Å²) in [6.45, 7) is 3.23. The molecule has 0 saturated carbocycles.